The van der Waals surface area contributed by atoms with Gasteiger partial charge in [-0.15, -0.1) is 0 Å². The second-order valence-electron chi connectivity index (χ2n) is 6.80. The predicted octanol–water partition coefficient (Wildman–Crippen LogP) is 2.04. The number of carbonyl (C=O) groups is 1. The van der Waals surface area contributed by atoms with Gasteiger partial charge in [0.05, 0.1) is 12.7 Å². The number of nitrogens with one attached hydrogen (secondary N) is 1. The molecule has 1 aliphatic carbocycles. The second-order valence-corrected chi connectivity index (χ2v) is 6.80. The van der Waals surface area contributed by atoms with Crippen molar-refractivity contribution in [3.8, 4) is 0 Å². The van der Waals surface area contributed by atoms with Gasteiger partial charge in [-0.3, -0.25) is 9.69 Å². The largest absolute Gasteiger partial charge is 0.374 e. The summed E-state index contributed by atoms with van der Waals surface area (Å²) in [6.07, 6.45) is 5.94. The summed E-state index contributed by atoms with van der Waals surface area (Å²) in [5, 5.41) is 3.06. The Morgan fingerprint density at radius 1 is 1.35 bits per heavy atom. The maximum atomic E-state index is 11.9. The Balaban J connectivity index is 1.63. The fraction of sp³-hybridized carbons (Fsp3) is 0.938. The van der Waals surface area contributed by atoms with E-state index in [1.54, 1.807) is 0 Å². The zero-order valence-corrected chi connectivity index (χ0v) is 13.1. The Hall–Kier alpha value is -0.610. The van der Waals surface area contributed by atoms with Gasteiger partial charge in [-0.2, -0.15) is 0 Å². The Bertz CT molecular complexity index is 301. The Morgan fingerprint density at radius 2 is 2.10 bits per heavy atom. The molecule has 0 spiro atoms. The molecule has 0 radical (unpaired) electrons. The van der Waals surface area contributed by atoms with E-state index in [-0.39, 0.29) is 12.0 Å². The van der Waals surface area contributed by atoms with Gasteiger partial charge in [0.15, 0.2) is 0 Å². The summed E-state index contributed by atoms with van der Waals surface area (Å²) in [7, 11) is 0. The van der Waals surface area contributed by atoms with E-state index in [9.17, 15) is 4.79 Å². The summed E-state index contributed by atoms with van der Waals surface area (Å²) in [5.74, 6) is 1.52. The first-order chi connectivity index (χ1) is 9.63. The quantitative estimate of drug-likeness (QED) is 0.810. The Kier molecular flexibility index (Phi) is 6.30. The highest BCUT2D eigenvalue weighted by Crippen LogP contribution is 2.27. The van der Waals surface area contributed by atoms with Crippen molar-refractivity contribution >= 4 is 5.91 Å². The first-order valence-corrected chi connectivity index (χ1v) is 8.24. The van der Waals surface area contributed by atoms with Crippen LogP contribution in [0.25, 0.3) is 0 Å². The summed E-state index contributed by atoms with van der Waals surface area (Å²) in [6.45, 7) is 9.03. The van der Waals surface area contributed by atoms with E-state index < -0.39 is 0 Å². The molecule has 1 aliphatic heterocycles. The van der Waals surface area contributed by atoms with Crippen LogP contribution in [0, 0.1) is 11.8 Å². The van der Waals surface area contributed by atoms with E-state index in [1.165, 1.54) is 25.7 Å². The third-order valence-corrected chi connectivity index (χ3v) is 4.32. The number of ether oxygens (including phenoxy) is 1. The lowest BCUT2D eigenvalue weighted by Gasteiger charge is -2.34. The standard InChI is InChI=1S/C16H30N2O2/c1-13(2)11-18-7-8-20-15(12-18)10-17-16(19)9-14-5-3-4-6-14/h13-15H,3-12H2,1-2H3,(H,17,19). The highest BCUT2D eigenvalue weighted by atomic mass is 16.5. The van der Waals surface area contributed by atoms with Crippen LogP contribution in [0.2, 0.25) is 0 Å². The average Bonchev–Trinajstić information content (AvgIpc) is 2.89. The first-order valence-electron chi connectivity index (χ1n) is 8.24. The molecule has 0 aromatic carbocycles. The maximum absolute atomic E-state index is 11.9. The third kappa shape index (κ3) is 5.41. The molecule has 4 nitrogen and oxygen atoms in total. The molecule has 1 saturated heterocycles. The van der Waals surface area contributed by atoms with E-state index in [4.69, 9.17) is 4.74 Å². The van der Waals surface area contributed by atoms with Gasteiger partial charge < -0.3 is 10.1 Å². The zero-order chi connectivity index (χ0) is 14.4. The van der Waals surface area contributed by atoms with Crippen LogP contribution in [0.5, 0.6) is 0 Å². The van der Waals surface area contributed by atoms with Gasteiger partial charge in [0.25, 0.3) is 0 Å². The van der Waals surface area contributed by atoms with E-state index in [0.29, 0.717) is 24.8 Å². The smallest absolute Gasteiger partial charge is 0.220 e. The molecule has 1 heterocycles. The predicted molar refractivity (Wildman–Crippen MR) is 80.6 cm³/mol. The van der Waals surface area contributed by atoms with E-state index in [2.05, 4.69) is 24.1 Å². The summed E-state index contributed by atoms with van der Waals surface area (Å²) < 4.78 is 5.75. The molecule has 0 aromatic heterocycles. The number of hydrogen-bond acceptors (Lipinski definition) is 3. The molecule has 0 aromatic rings. The number of hydrogen-bond donors (Lipinski definition) is 1. The van der Waals surface area contributed by atoms with Crippen LogP contribution in [0.3, 0.4) is 0 Å². The fourth-order valence-electron chi connectivity index (χ4n) is 3.36. The van der Waals surface area contributed by atoms with Crippen molar-refractivity contribution in [3.05, 3.63) is 0 Å². The van der Waals surface area contributed by atoms with Crippen molar-refractivity contribution in [2.45, 2.75) is 52.1 Å². The average molecular weight is 282 g/mol. The lowest BCUT2D eigenvalue weighted by molar-refractivity contribution is -0.123. The maximum Gasteiger partial charge on any atom is 0.220 e. The van der Waals surface area contributed by atoms with Gasteiger partial charge in [0.1, 0.15) is 0 Å². The molecule has 2 fully saturated rings. The summed E-state index contributed by atoms with van der Waals surface area (Å²) in [5.41, 5.74) is 0. The van der Waals surface area contributed by atoms with Crippen molar-refractivity contribution in [2.75, 3.05) is 32.8 Å². The van der Waals surface area contributed by atoms with Gasteiger partial charge in [-0.25, -0.2) is 0 Å². The Morgan fingerprint density at radius 3 is 2.80 bits per heavy atom. The van der Waals surface area contributed by atoms with E-state index in [0.717, 1.165) is 26.2 Å². The van der Waals surface area contributed by atoms with Gasteiger partial charge in [0, 0.05) is 32.6 Å². The topological polar surface area (TPSA) is 41.6 Å². The third-order valence-electron chi connectivity index (χ3n) is 4.32. The SMILES string of the molecule is CC(C)CN1CCOC(CNC(=O)CC2CCCC2)C1. The second kappa shape index (κ2) is 7.99. The van der Waals surface area contributed by atoms with Crippen LogP contribution in [0.1, 0.15) is 46.0 Å². The van der Waals surface area contributed by atoms with Gasteiger partial charge in [-0.05, 0) is 24.7 Å². The van der Waals surface area contributed by atoms with Gasteiger partial charge in [-0.1, -0.05) is 26.7 Å². The molecule has 2 aliphatic rings. The number of morpholine rings is 1. The number of carbonyl (C=O) groups excluding carboxylic acids is 1. The molecule has 116 valence electrons. The molecule has 4 heteroatoms. The monoisotopic (exact) mass is 282 g/mol. The van der Waals surface area contributed by atoms with Crippen molar-refractivity contribution in [3.63, 3.8) is 0 Å². The number of nitrogens with zero attached hydrogens (tertiary/aromatic N) is 1. The summed E-state index contributed by atoms with van der Waals surface area (Å²) >= 11 is 0. The van der Waals surface area contributed by atoms with Crippen molar-refractivity contribution in [1.29, 1.82) is 0 Å². The first kappa shape index (κ1) is 15.8. The van der Waals surface area contributed by atoms with E-state index >= 15 is 0 Å². The molecule has 0 bridgehead atoms. The normalized spacial score (nSPS) is 25.2. The van der Waals surface area contributed by atoms with Gasteiger partial charge in [0.2, 0.25) is 5.91 Å². The van der Waals surface area contributed by atoms with E-state index in [1.807, 2.05) is 0 Å². The van der Waals surface area contributed by atoms with Crippen molar-refractivity contribution < 1.29 is 9.53 Å². The van der Waals surface area contributed by atoms with Crippen LogP contribution in [-0.4, -0.2) is 49.7 Å². The summed E-state index contributed by atoms with van der Waals surface area (Å²) in [4.78, 5) is 14.4. The minimum absolute atomic E-state index is 0.162. The molecule has 1 unspecified atom stereocenters. The number of rotatable bonds is 6. The van der Waals surface area contributed by atoms with Gasteiger partial charge >= 0.3 is 0 Å². The molecule has 20 heavy (non-hydrogen) atoms. The van der Waals surface area contributed by atoms with Crippen molar-refractivity contribution in [2.24, 2.45) is 11.8 Å². The molecule has 1 N–H and O–H groups in total. The molecule has 2 rings (SSSR count). The minimum Gasteiger partial charge on any atom is -0.374 e. The minimum atomic E-state index is 0.162. The molecular formula is C16H30N2O2. The van der Waals surface area contributed by atoms with Crippen LogP contribution in [-0.2, 0) is 9.53 Å². The fourth-order valence-corrected chi connectivity index (χ4v) is 3.36. The molecule has 1 atom stereocenters. The molecular weight excluding hydrogens is 252 g/mol. The lowest BCUT2D eigenvalue weighted by Crippen LogP contribution is -2.48. The molecule has 1 amide bonds. The van der Waals surface area contributed by atoms with Crippen molar-refractivity contribution in [1.82, 2.24) is 10.2 Å². The summed E-state index contributed by atoms with van der Waals surface area (Å²) in [6, 6.07) is 0. The van der Waals surface area contributed by atoms with Crippen LogP contribution in [0.15, 0.2) is 0 Å². The Labute approximate surface area is 123 Å². The van der Waals surface area contributed by atoms with Crippen LogP contribution in [0.4, 0.5) is 0 Å². The highest BCUT2D eigenvalue weighted by molar-refractivity contribution is 5.76. The van der Waals surface area contributed by atoms with Crippen LogP contribution >= 0.6 is 0 Å². The lowest BCUT2D eigenvalue weighted by atomic mass is 10.0. The zero-order valence-electron chi connectivity index (χ0n) is 13.1. The van der Waals surface area contributed by atoms with Crippen LogP contribution < -0.4 is 5.32 Å². The molecule has 1 saturated carbocycles. The highest BCUT2D eigenvalue weighted by Gasteiger charge is 2.22. The number of amides is 1.